The van der Waals surface area contributed by atoms with Gasteiger partial charge in [0.15, 0.2) is 16.8 Å². The maximum absolute atomic E-state index is 13.1. The lowest BCUT2D eigenvalue weighted by atomic mass is 10.1. The smallest absolute Gasteiger partial charge is 0.205 e. The molecule has 6 heteroatoms. The highest BCUT2D eigenvalue weighted by atomic mass is 16.5. The Bertz CT molecular complexity index is 1510. The van der Waals surface area contributed by atoms with Crippen molar-refractivity contribution >= 4 is 21.9 Å². The van der Waals surface area contributed by atoms with Gasteiger partial charge in [-0.2, -0.15) is 0 Å². The van der Waals surface area contributed by atoms with E-state index in [-0.39, 0.29) is 11.0 Å². The molecule has 6 nitrogen and oxygen atoms in total. The fraction of sp³-hybridized carbons (Fsp3) is 0.111. The molecule has 0 aliphatic heterocycles. The highest BCUT2D eigenvalue weighted by Gasteiger charge is 2.21. The van der Waals surface area contributed by atoms with E-state index >= 15 is 0 Å². The summed E-state index contributed by atoms with van der Waals surface area (Å²) in [4.78, 5) is 17.5. The van der Waals surface area contributed by atoms with E-state index in [2.05, 4.69) is 4.98 Å². The maximum atomic E-state index is 13.1. The summed E-state index contributed by atoms with van der Waals surface area (Å²) in [7, 11) is 3.02. The third-order valence-corrected chi connectivity index (χ3v) is 5.43. The van der Waals surface area contributed by atoms with Crippen molar-refractivity contribution in [2.24, 2.45) is 0 Å². The molecule has 0 saturated carbocycles. The summed E-state index contributed by atoms with van der Waals surface area (Å²) in [6, 6.07) is 22.4. The fourth-order valence-corrected chi connectivity index (χ4v) is 3.82. The molecule has 0 N–H and O–H groups in total. The maximum Gasteiger partial charge on any atom is 0.205 e. The molecule has 0 fully saturated rings. The number of pyridine rings is 1. The van der Waals surface area contributed by atoms with Gasteiger partial charge in [0.2, 0.25) is 5.75 Å². The number of rotatable bonds is 6. The van der Waals surface area contributed by atoms with Crippen LogP contribution in [-0.2, 0) is 6.61 Å². The van der Waals surface area contributed by atoms with Gasteiger partial charge in [0.25, 0.3) is 0 Å². The van der Waals surface area contributed by atoms with Crippen molar-refractivity contribution in [3.05, 3.63) is 94.8 Å². The van der Waals surface area contributed by atoms with Crippen LogP contribution in [0.2, 0.25) is 0 Å². The zero-order valence-corrected chi connectivity index (χ0v) is 18.2. The molecule has 0 unspecified atom stereocenters. The first-order valence-electron chi connectivity index (χ1n) is 10.4. The number of ether oxygens (including phenoxy) is 3. The van der Waals surface area contributed by atoms with Crippen molar-refractivity contribution < 1.29 is 18.6 Å². The first kappa shape index (κ1) is 20.6. The van der Waals surface area contributed by atoms with Gasteiger partial charge in [-0.05, 0) is 29.8 Å². The second kappa shape index (κ2) is 8.67. The SMILES string of the molecule is COc1c(OCc2ccccc2)cc(OC)c2c(=O)cc(-c3ccc4ncccc4c3)oc12. The van der Waals surface area contributed by atoms with Crippen LogP contribution in [0.4, 0.5) is 0 Å². The van der Waals surface area contributed by atoms with Gasteiger partial charge in [-0.15, -0.1) is 0 Å². The molecule has 5 rings (SSSR count). The van der Waals surface area contributed by atoms with Crippen LogP contribution in [0, 0.1) is 0 Å². The summed E-state index contributed by atoms with van der Waals surface area (Å²) in [6.45, 7) is 0.327. The van der Waals surface area contributed by atoms with E-state index in [1.807, 2.05) is 60.7 Å². The third kappa shape index (κ3) is 3.87. The average Bonchev–Trinajstić information content (AvgIpc) is 2.86. The van der Waals surface area contributed by atoms with E-state index in [1.165, 1.54) is 20.3 Å². The molecule has 2 aromatic heterocycles. The molecule has 0 aliphatic rings. The van der Waals surface area contributed by atoms with E-state index < -0.39 is 0 Å². The standard InChI is InChI=1S/C27H21NO5/c1-30-23-15-24(32-16-17-7-4-3-5-8-17)26(31-2)27-25(23)21(29)14-22(33-27)19-10-11-20-18(13-19)9-6-12-28-20/h3-15H,16H2,1-2H3. The molecular formula is C27H21NO5. The average molecular weight is 439 g/mol. The Morgan fingerprint density at radius 2 is 1.73 bits per heavy atom. The zero-order valence-electron chi connectivity index (χ0n) is 18.2. The van der Waals surface area contributed by atoms with Crippen LogP contribution in [0.25, 0.3) is 33.2 Å². The highest BCUT2D eigenvalue weighted by Crippen LogP contribution is 2.42. The van der Waals surface area contributed by atoms with Crippen molar-refractivity contribution in [2.45, 2.75) is 6.61 Å². The van der Waals surface area contributed by atoms with Crippen LogP contribution in [0.3, 0.4) is 0 Å². The molecule has 3 aromatic carbocycles. The molecule has 0 atom stereocenters. The normalized spacial score (nSPS) is 11.0. The van der Waals surface area contributed by atoms with E-state index in [0.29, 0.717) is 35.0 Å². The van der Waals surface area contributed by atoms with Gasteiger partial charge in [-0.3, -0.25) is 9.78 Å². The predicted molar refractivity (Wildman–Crippen MR) is 127 cm³/mol. The van der Waals surface area contributed by atoms with E-state index in [4.69, 9.17) is 18.6 Å². The molecule has 33 heavy (non-hydrogen) atoms. The number of hydrogen-bond donors (Lipinski definition) is 0. The summed E-state index contributed by atoms with van der Waals surface area (Å²) in [6.07, 6.45) is 1.74. The Balaban J connectivity index is 1.66. The summed E-state index contributed by atoms with van der Waals surface area (Å²) in [5.74, 6) is 1.53. The number of benzene rings is 3. The number of aromatic nitrogens is 1. The number of methoxy groups -OCH3 is 2. The summed E-state index contributed by atoms with van der Waals surface area (Å²) in [5.41, 5.74) is 2.65. The van der Waals surface area contributed by atoms with Gasteiger partial charge in [-0.1, -0.05) is 36.4 Å². The Labute approximate surface area is 190 Å². The van der Waals surface area contributed by atoms with Crippen LogP contribution >= 0.6 is 0 Å². The second-order valence-corrected chi connectivity index (χ2v) is 7.47. The molecule has 0 spiro atoms. The highest BCUT2D eigenvalue weighted by molar-refractivity contribution is 5.92. The number of nitrogens with zero attached hydrogens (tertiary/aromatic N) is 1. The van der Waals surface area contributed by atoms with Crippen molar-refractivity contribution in [1.82, 2.24) is 4.98 Å². The molecule has 2 heterocycles. The van der Waals surface area contributed by atoms with Gasteiger partial charge in [-0.25, -0.2) is 0 Å². The van der Waals surface area contributed by atoms with E-state index in [0.717, 1.165) is 22.0 Å². The minimum Gasteiger partial charge on any atom is -0.496 e. The van der Waals surface area contributed by atoms with Crippen LogP contribution in [-0.4, -0.2) is 19.2 Å². The van der Waals surface area contributed by atoms with E-state index in [9.17, 15) is 4.79 Å². The van der Waals surface area contributed by atoms with Gasteiger partial charge >= 0.3 is 0 Å². The Hall–Kier alpha value is -4.32. The lowest BCUT2D eigenvalue weighted by Gasteiger charge is -2.15. The number of hydrogen-bond acceptors (Lipinski definition) is 6. The quantitative estimate of drug-likeness (QED) is 0.343. The molecule has 0 radical (unpaired) electrons. The lowest BCUT2D eigenvalue weighted by molar-refractivity contribution is 0.282. The monoisotopic (exact) mass is 439 g/mol. The molecule has 0 amide bonds. The molecule has 0 saturated heterocycles. The molecule has 0 aliphatic carbocycles. The minimum absolute atomic E-state index is 0.234. The summed E-state index contributed by atoms with van der Waals surface area (Å²) in [5, 5.41) is 1.25. The van der Waals surface area contributed by atoms with Crippen LogP contribution in [0.15, 0.2) is 88.2 Å². The van der Waals surface area contributed by atoms with Crippen molar-refractivity contribution in [1.29, 1.82) is 0 Å². The summed E-state index contributed by atoms with van der Waals surface area (Å²) >= 11 is 0. The van der Waals surface area contributed by atoms with Crippen LogP contribution < -0.4 is 19.6 Å². The fourth-order valence-electron chi connectivity index (χ4n) is 3.82. The van der Waals surface area contributed by atoms with Gasteiger partial charge in [0.05, 0.1) is 19.7 Å². The first-order valence-corrected chi connectivity index (χ1v) is 10.4. The predicted octanol–water partition coefficient (Wildman–Crippen LogP) is 5.60. The number of fused-ring (bicyclic) bond motifs is 2. The zero-order chi connectivity index (χ0) is 22.8. The van der Waals surface area contributed by atoms with Gasteiger partial charge in [0, 0.05) is 29.3 Å². The van der Waals surface area contributed by atoms with Crippen LogP contribution in [0.1, 0.15) is 5.56 Å². The molecular weight excluding hydrogens is 418 g/mol. The van der Waals surface area contributed by atoms with Gasteiger partial charge in [0.1, 0.15) is 23.5 Å². The minimum atomic E-state index is -0.234. The molecule has 164 valence electrons. The Morgan fingerprint density at radius 1 is 0.879 bits per heavy atom. The third-order valence-electron chi connectivity index (χ3n) is 5.43. The van der Waals surface area contributed by atoms with Crippen molar-refractivity contribution in [3.63, 3.8) is 0 Å². The van der Waals surface area contributed by atoms with Crippen LogP contribution in [0.5, 0.6) is 17.2 Å². The Kier molecular flexibility index (Phi) is 5.40. The van der Waals surface area contributed by atoms with Crippen molar-refractivity contribution in [3.8, 4) is 28.6 Å². The summed E-state index contributed by atoms with van der Waals surface area (Å²) < 4.78 is 23.4. The van der Waals surface area contributed by atoms with Gasteiger partial charge < -0.3 is 18.6 Å². The molecule has 0 bridgehead atoms. The largest absolute Gasteiger partial charge is 0.496 e. The van der Waals surface area contributed by atoms with E-state index in [1.54, 1.807) is 12.3 Å². The second-order valence-electron chi connectivity index (χ2n) is 7.47. The topological polar surface area (TPSA) is 70.8 Å². The Morgan fingerprint density at radius 3 is 2.52 bits per heavy atom. The molecule has 5 aromatic rings. The first-order chi connectivity index (χ1) is 16.2. The van der Waals surface area contributed by atoms with Crippen molar-refractivity contribution in [2.75, 3.05) is 14.2 Å². The lowest BCUT2D eigenvalue weighted by Crippen LogP contribution is -2.06.